The van der Waals surface area contributed by atoms with E-state index in [0.717, 1.165) is 6.42 Å². The van der Waals surface area contributed by atoms with E-state index in [1.54, 1.807) is 0 Å². The number of carbonyl (C=O) groups is 2. The normalized spacial score (nSPS) is 9.95. The van der Waals surface area contributed by atoms with E-state index < -0.39 is 5.91 Å². The Hall–Kier alpha value is -2.31. The van der Waals surface area contributed by atoms with Crippen LogP contribution in [0.2, 0.25) is 0 Å². The van der Waals surface area contributed by atoms with E-state index in [9.17, 15) is 9.59 Å². The van der Waals surface area contributed by atoms with Crippen molar-refractivity contribution in [3.8, 4) is 0 Å². The highest BCUT2D eigenvalue weighted by Gasteiger charge is 2.09. The number of carbonyl (C=O) groups excluding carboxylic acids is 2. The summed E-state index contributed by atoms with van der Waals surface area (Å²) in [5.41, 5.74) is 11.5. The monoisotopic (exact) mass is 265 g/mol. The molecule has 0 fully saturated rings. The summed E-state index contributed by atoms with van der Waals surface area (Å²) in [6, 6.07) is 1.40. The molecule has 6 N–H and O–H groups in total. The van der Waals surface area contributed by atoms with Gasteiger partial charge < -0.3 is 22.1 Å². The average Bonchev–Trinajstić information content (AvgIpc) is 2.37. The zero-order chi connectivity index (χ0) is 14.3. The van der Waals surface area contributed by atoms with Gasteiger partial charge in [0.25, 0.3) is 5.91 Å². The first kappa shape index (κ1) is 14.7. The zero-order valence-corrected chi connectivity index (χ0v) is 10.9. The Balaban J connectivity index is 2.53. The number of aromatic nitrogens is 1. The van der Waals surface area contributed by atoms with Gasteiger partial charge in [-0.15, -0.1) is 0 Å². The number of pyridine rings is 1. The maximum absolute atomic E-state index is 11.4. The fraction of sp³-hybridized carbons (Fsp3) is 0.417. The molecule has 7 heteroatoms. The molecule has 0 saturated carbocycles. The highest BCUT2D eigenvalue weighted by Crippen LogP contribution is 2.15. The third kappa shape index (κ3) is 4.82. The van der Waals surface area contributed by atoms with Crippen molar-refractivity contribution in [1.29, 1.82) is 0 Å². The highest BCUT2D eigenvalue weighted by atomic mass is 16.2. The molecular weight excluding hydrogens is 246 g/mol. The predicted molar refractivity (Wildman–Crippen MR) is 73.6 cm³/mol. The van der Waals surface area contributed by atoms with Crippen molar-refractivity contribution < 1.29 is 9.59 Å². The molecule has 0 aliphatic rings. The number of nitrogens with zero attached hydrogens (tertiary/aromatic N) is 1. The second-order valence-electron chi connectivity index (χ2n) is 4.05. The molecule has 1 heterocycles. The smallest absolute Gasteiger partial charge is 0.250 e. The van der Waals surface area contributed by atoms with Gasteiger partial charge >= 0.3 is 0 Å². The molecule has 2 amide bonds. The lowest BCUT2D eigenvalue weighted by molar-refractivity contribution is -0.120. The fourth-order valence-electron chi connectivity index (χ4n) is 1.48. The highest BCUT2D eigenvalue weighted by molar-refractivity contribution is 5.99. The van der Waals surface area contributed by atoms with E-state index in [0.29, 0.717) is 25.2 Å². The van der Waals surface area contributed by atoms with Gasteiger partial charge in [-0.05, 0) is 12.5 Å². The van der Waals surface area contributed by atoms with Crippen LogP contribution >= 0.6 is 0 Å². The molecule has 7 nitrogen and oxygen atoms in total. The molecule has 0 spiro atoms. The number of rotatable bonds is 7. The van der Waals surface area contributed by atoms with Crippen LogP contribution in [0.4, 0.5) is 11.5 Å². The van der Waals surface area contributed by atoms with Gasteiger partial charge in [-0.2, -0.15) is 0 Å². The molecule has 104 valence electrons. The van der Waals surface area contributed by atoms with Gasteiger partial charge in [0.15, 0.2) is 0 Å². The van der Waals surface area contributed by atoms with Gasteiger partial charge in [0, 0.05) is 19.5 Å². The zero-order valence-electron chi connectivity index (χ0n) is 10.9. The van der Waals surface area contributed by atoms with Crippen molar-refractivity contribution in [3.63, 3.8) is 0 Å². The summed E-state index contributed by atoms with van der Waals surface area (Å²) in [7, 11) is 0. The third-order valence-electron chi connectivity index (χ3n) is 2.43. The van der Waals surface area contributed by atoms with E-state index in [2.05, 4.69) is 15.6 Å². The number of nitrogens with two attached hydrogens (primary N) is 2. The van der Waals surface area contributed by atoms with Gasteiger partial charge in [-0.1, -0.05) is 6.92 Å². The van der Waals surface area contributed by atoms with Crippen LogP contribution in [-0.2, 0) is 4.79 Å². The number of hydrogen-bond donors (Lipinski definition) is 4. The second-order valence-corrected chi connectivity index (χ2v) is 4.05. The Bertz CT molecular complexity index is 461. The molecule has 0 aliphatic heterocycles. The Morgan fingerprint density at radius 1 is 1.37 bits per heavy atom. The molecule has 1 aromatic rings. The van der Waals surface area contributed by atoms with E-state index in [4.69, 9.17) is 11.5 Å². The van der Waals surface area contributed by atoms with E-state index in [-0.39, 0.29) is 17.3 Å². The lowest BCUT2D eigenvalue weighted by Gasteiger charge is -2.10. The first-order chi connectivity index (χ1) is 9.04. The third-order valence-corrected chi connectivity index (χ3v) is 2.43. The molecule has 1 rings (SSSR count). The minimum Gasteiger partial charge on any atom is -0.384 e. The van der Waals surface area contributed by atoms with Crippen LogP contribution in [0.5, 0.6) is 0 Å². The molecule has 0 radical (unpaired) electrons. The quantitative estimate of drug-likeness (QED) is 0.556. The molecule has 0 atom stereocenters. The van der Waals surface area contributed by atoms with Crippen molar-refractivity contribution >= 4 is 23.3 Å². The Morgan fingerprint density at radius 2 is 2.11 bits per heavy atom. The SMILES string of the molecule is CCCNC(=O)CCNc1cnc(N)cc1C(N)=O. The van der Waals surface area contributed by atoms with E-state index in [1.807, 2.05) is 6.92 Å². The second kappa shape index (κ2) is 7.20. The summed E-state index contributed by atoms with van der Waals surface area (Å²) in [6.07, 6.45) is 2.63. The van der Waals surface area contributed by atoms with E-state index >= 15 is 0 Å². The van der Waals surface area contributed by atoms with Gasteiger partial charge in [-0.25, -0.2) is 4.98 Å². The lowest BCUT2D eigenvalue weighted by Crippen LogP contribution is -2.26. The molecule has 0 aromatic carbocycles. The van der Waals surface area contributed by atoms with E-state index in [1.165, 1.54) is 12.3 Å². The van der Waals surface area contributed by atoms with Crippen LogP contribution in [0.25, 0.3) is 0 Å². The number of nitrogen functional groups attached to an aromatic ring is 1. The number of anilines is 2. The Labute approximate surface area is 111 Å². The maximum Gasteiger partial charge on any atom is 0.250 e. The molecule has 19 heavy (non-hydrogen) atoms. The Kier molecular flexibility index (Phi) is 5.59. The van der Waals surface area contributed by atoms with Crippen molar-refractivity contribution in [1.82, 2.24) is 10.3 Å². The predicted octanol–water partition coefficient (Wildman–Crippen LogP) is 0.0909. The van der Waals surface area contributed by atoms with Crippen molar-refractivity contribution in [3.05, 3.63) is 17.8 Å². The van der Waals surface area contributed by atoms with Crippen LogP contribution in [-0.4, -0.2) is 29.9 Å². The van der Waals surface area contributed by atoms with Crippen LogP contribution in [0, 0.1) is 0 Å². The maximum atomic E-state index is 11.4. The van der Waals surface area contributed by atoms with Crippen molar-refractivity contribution in [2.75, 3.05) is 24.1 Å². The summed E-state index contributed by atoms with van der Waals surface area (Å²) in [4.78, 5) is 26.5. The van der Waals surface area contributed by atoms with Crippen LogP contribution in [0.3, 0.4) is 0 Å². The summed E-state index contributed by atoms with van der Waals surface area (Å²) in [5, 5.41) is 5.71. The largest absolute Gasteiger partial charge is 0.384 e. The number of amides is 2. The molecular formula is C12H19N5O2. The van der Waals surface area contributed by atoms with Crippen molar-refractivity contribution in [2.45, 2.75) is 19.8 Å². The summed E-state index contributed by atoms with van der Waals surface area (Å²) in [5.74, 6) is -0.412. The minimum atomic E-state index is -0.591. The summed E-state index contributed by atoms with van der Waals surface area (Å²) >= 11 is 0. The summed E-state index contributed by atoms with van der Waals surface area (Å²) < 4.78 is 0. The first-order valence-electron chi connectivity index (χ1n) is 6.10. The van der Waals surface area contributed by atoms with Gasteiger partial charge in [0.1, 0.15) is 5.82 Å². The Morgan fingerprint density at radius 3 is 2.74 bits per heavy atom. The molecule has 0 saturated heterocycles. The van der Waals surface area contributed by atoms with Crippen LogP contribution in [0.1, 0.15) is 30.1 Å². The molecule has 1 aromatic heterocycles. The minimum absolute atomic E-state index is 0.0432. The standard InChI is InChI=1S/C12H19N5O2/c1-2-4-16-11(18)3-5-15-9-7-17-10(13)6-8(9)12(14)19/h6-7,15H,2-5H2,1H3,(H2,13,17)(H2,14,19)(H,16,18). The van der Waals surface area contributed by atoms with Crippen LogP contribution < -0.4 is 22.1 Å². The first-order valence-corrected chi connectivity index (χ1v) is 6.10. The van der Waals surface area contributed by atoms with Gasteiger partial charge in [0.2, 0.25) is 5.91 Å². The van der Waals surface area contributed by atoms with Crippen LogP contribution in [0.15, 0.2) is 12.3 Å². The van der Waals surface area contributed by atoms with Gasteiger partial charge in [-0.3, -0.25) is 9.59 Å². The van der Waals surface area contributed by atoms with Gasteiger partial charge in [0.05, 0.1) is 17.4 Å². The molecule has 0 aliphatic carbocycles. The molecule has 0 bridgehead atoms. The lowest BCUT2D eigenvalue weighted by atomic mass is 10.2. The fourth-order valence-corrected chi connectivity index (χ4v) is 1.48. The number of nitrogens with one attached hydrogen (secondary N) is 2. The summed E-state index contributed by atoms with van der Waals surface area (Å²) in [6.45, 7) is 3.04. The average molecular weight is 265 g/mol. The number of primary amides is 1. The van der Waals surface area contributed by atoms with Crippen molar-refractivity contribution in [2.24, 2.45) is 5.73 Å². The number of hydrogen-bond acceptors (Lipinski definition) is 5. The topological polar surface area (TPSA) is 123 Å². The molecule has 0 unspecified atom stereocenters.